The molecule has 2 aliphatic carbocycles. The van der Waals surface area contributed by atoms with Crippen LogP contribution < -0.4 is 3.32 Å². The molecule has 0 unspecified atom stereocenters. The van der Waals surface area contributed by atoms with Crippen LogP contribution in [0.2, 0.25) is 13.0 Å². The Balaban J connectivity index is 1.95. The van der Waals surface area contributed by atoms with Gasteiger partial charge in [0.25, 0.3) is 0 Å². The third kappa shape index (κ3) is 4.77. The predicted octanol–water partition coefficient (Wildman–Crippen LogP) is 10.4. The van der Waals surface area contributed by atoms with E-state index in [0.717, 1.165) is 19.3 Å². The molecule has 0 aliphatic heterocycles. The van der Waals surface area contributed by atoms with Crippen LogP contribution >= 0.6 is 0 Å². The third-order valence-corrected chi connectivity index (χ3v) is 34.7. The Labute approximate surface area is 244 Å². The molecular weight excluding hydrogens is 647 g/mol. The zero-order valence-corrected chi connectivity index (χ0v) is 29.7. The van der Waals surface area contributed by atoms with E-state index >= 15 is 0 Å². The van der Waals surface area contributed by atoms with E-state index < -0.39 is 18.0 Å². The van der Waals surface area contributed by atoms with Crippen molar-refractivity contribution < 1.29 is 18.0 Å². The molecule has 0 spiro atoms. The Morgan fingerprint density at radius 1 is 0.850 bits per heavy atom. The molecule has 208 valence electrons. The van der Waals surface area contributed by atoms with Gasteiger partial charge in [-0.3, -0.25) is 0 Å². The summed E-state index contributed by atoms with van der Waals surface area (Å²) in [4.78, 5) is 0. The van der Waals surface area contributed by atoms with Crippen molar-refractivity contribution in [2.75, 3.05) is 0 Å². The summed E-state index contributed by atoms with van der Waals surface area (Å²) in [6, 6.07) is 23.6. The van der Waals surface area contributed by atoms with Crippen molar-refractivity contribution in [3.8, 4) is 11.1 Å². The fourth-order valence-electron chi connectivity index (χ4n) is 7.63. The van der Waals surface area contributed by atoms with Crippen LogP contribution in [0.1, 0.15) is 82.2 Å². The van der Waals surface area contributed by atoms with E-state index in [0.29, 0.717) is 3.67 Å². The summed E-state index contributed by atoms with van der Waals surface area (Å²) in [6.07, 6.45) is 14.9. The van der Waals surface area contributed by atoms with Crippen LogP contribution in [0.15, 0.2) is 97.6 Å². The molecule has 0 heterocycles. The zero-order chi connectivity index (χ0) is 28.9. The molecule has 40 heavy (non-hydrogen) atoms. The first-order chi connectivity index (χ1) is 18.8. The maximum absolute atomic E-state index is 4.27. The van der Waals surface area contributed by atoms with Crippen LogP contribution in [0.25, 0.3) is 11.1 Å². The van der Waals surface area contributed by atoms with Crippen molar-refractivity contribution in [1.29, 1.82) is 0 Å². The van der Waals surface area contributed by atoms with Crippen molar-refractivity contribution in [1.82, 2.24) is 0 Å². The minimum absolute atomic E-state index is 0.0472. The number of benzene rings is 3. The van der Waals surface area contributed by atoms with Gasteiger partial charge in [-0.25, -0.2) is 0 Å². The van der Waals surface area contributed by atoms with Gasteiger partial charge in [-0.05, 0) is 0 Å². The average Bonchev–Trinajstić information content (AvgIpc) is 3.56. The molecular formula is C39H48Hf. The van der Waals surface area contributed by atoms with Crippen molar-refractivity contribution in [2.45, 2.75) is 84.7 Å². The predicted molar refractivity (Wildman–Crippen MR) is 175 cm³/mol. The summed E-state index contributed by atoms with van der Waals surface area (Å²) in [5.41, 5.74) is 10.6. The van der Waals surface area contributed by atoms with E-state index in [1.54, 1.807) is 17.7 Å². The van der Waals surface area contributed by atoms with E-state index in [2.05, 4.69) is 149 Å². The minimum atomic E-state index is -4.27. The van der Waals surface area contributed by atoms with Gasteiger partial charge in [-0.15, -0.1) is 0 Å². The summed E-state index contributed by atoms with van der Waals surface area (Å²) in [6.45, 7) is 18.4. The molecule has 0 atom stereocenters. The van der Waals surface area contributed by atoms with Crippen LogP contribution in [0, 0.1) is 0 Å². The van der Waals surface area contributed by atoms with E-state index in [9.17, 15) is 0 Å². The Hall–Kier alpha value is -2.38. The monoisotopic (exact) mass is 696 g/mol. The number of allylic oxidation sites excluding steroid dienone is 5. The fraction of sp³-hybridized carbons (Fsp3) is 0.359. The van der Waals surface area contributed by atoms with Gasteiger partial charge in [0, 0.05) is 0 Å². The van der Waals surface area contributed by atoms with Gasteiger partial charge < -0.3 is 0 Å². The van der Waals surface area contributed by atoms with Gasteiger partial charge >= 0.3 is 246 Å². The molecule has 0 amide bonds. The van der Waals surface area contributed by atoms with E-state index in [-0.39, 0.29) is 10.8 Å². The molecule has 3 aromatic carbocycles. The van der Waals surface area contributed by atoms with E-state index in [4.69, 9.17) is 0 Å². The number of fused-ring (bicyclic) bond motifs is 3. The fourth-order valence-corrected chi connectivity index (χ4v) is 32.1. The molecule has 3 aromatic rings. The number of hydrogen-bond acceptors (Lipinski definition) is 0. The molecule has 0 fully saturated rings. The number of hydrogen-bond donors (Lipinski definition) is 0. The standard InChI is InChI=1S/C21H25.C11H12.C5H5.2CH3.Hf/c1-20(2,3)16-7-9-18-14(12-16)11-15-13-17(21(4,5)6)8-10-19(15)18;1-2-3-5-8-11-9-6-4-7-10-11;1-2-4-5-3-1;;;/h7-10,12H,11H2,1-6H3;2,4,6-7,9-10H,1,3,5H2;1-5H;2*1H3;. The van der Waals surface area contributed by atoms with Crippen molar-refractivity contribution in [2.24, 2.45) is 0 Å². The van der Waals surface area contributed by atoms with E-state index in [1.165, 1.54) is 27.8 Å². The average molecular weight is 695 g/mol. The molecule has 0 N–H and O–H groups in total. The summed E-state index contributed by atoms with van der Waals surface area (Å²) in [5, 5.41) is 0. The Bertz CT molecular complexity index is 1570. The topological polar surface area (TPSA) is 0 Å². The molecule has 0 bridgehead atoms. The molecule has 5 rings (SSSR count). The van der Waals surface area contributed by atoms with Gasteiger partial charge in [0.05, 0.1) is 0 Å². The molecule has 2 aliphatic rings. The SMILES string of the molecule is C=CCC[C](c1ccccc1)=[Hf]([CH3])([CH3])([c]1c(C(C)(C)C)ccc2c1Cc1cc(C(C)(C)C)ccc1-2)[CH]1C=CC=C1. The molecule has 0 saturated carbocycles. The molecule has 0 aromatic heterocycles. The summed E-state index contributed by atoms with van der Waals surface area (Å²) < 4.78 is 9.44. The Morgan fingerprint density at radius 3 is 2.10 bits per heavy atom. The van der Waals surface area contributed by atoms with Gasteiger partial charge in [0.2, 0.25) is 0 Å². The van der Waals surface area contributed by atoms with Crippen LogP contribution in [0.3, 0.4) is 0 Å². The van der Waals surface area contributed by atoms with Gasteiger partial charge in [-0.2, -0.15) is 0 Å². The first kappa shape index (κ1) is 29.1. The second-order valence-electron chi connectivity index (χ2n) is 15.0. The number of rotatable bonds is 6. The van der Waals surface area contributed by atoms with Crippen LogP contribution in [0.4, 0.5) is 0 Å². The van der Waals surface area contributed by atoms with Gasteiger partial charge in [0.15, 0.2) is 0 Å². The summed E-state index contributed by atoms with van der Waals surface area (Å²) >= 11 is -4.27. The normalized spacial score (nSPS) is 15.3. The Kier molecular flexibility index (Phi) is 7.40. The van der Waals surface area contributed by atoms with Crippen molar-refractivity contribution >= 4 is 6.58 Å². The van der Waals surface area contributed by atoms with Gasteiger partial charge in [0.1, 0.15) is 0 Å². The second-order valence-corrected chi connectivity index (χ2v) is 39.3. The molecule has 0 nitrogen and oxygen atoms in total. The Morgan fingerprint density at radius 2 is 1.50 bits per heavy atom. The van der Waals surface area contributed by atoms with Crippen LogP contribution in [0.5, 0.6) is 0 Å². The van der Waals surface area contributed by atoms with Crippen LogP contribution in [-0.2, 0) is 35.3 Å². The van der Waals surface area contributed by atoms with Crippen molar-refractivity contribution in [3.05, 3.63) is 125 Å². The van der Waals surface area contributed by atoms with Gasteiger partial charge in [-0.1, -0.05) is 0 Å². The molecule has 1 heteroatoms. The summed E-state index contributed by atoms with van der Waals surface area (Å²) in [7, 11) is 0. The first-order valence-corrected chi connectivity index (χ1v) is 28.0. The third-order valence-electron chi connectivity index (χ3n) is 9.92. The zero-order valence-electron chi connectivity index (χ0n) is 26.1. The second kappa shape index (κ2) is 10.2. The van der Waals surface area contributed by atoms with Crippen LogP contribution in [-0.4, -0.2) is 3.26 Å². The molecule has 0 saturated heterocycles. The maximum atomic E-state index is 4.15. The quantitative estimate of drug-likeness (QED) is 0.139. The van der Waals surface area contributed by atoms with E-state index in [1.807, 2.05) is 0 Å². The summed E-state index contributed by atoms with van der Waals surface area (Å²) in [5.74, 6) is 0. The van der Waals surface area contributed by atoms with Crippen molar-refractivity contribution in [3.63, 3.8) is 0 Å². The molecule has 0 radical (unpaired) electrons. The first-order valence-electron chi connectivity index (χ1n) is 15.1.